The molecule has 0 radical (unpaired) electrons. The Balaban J connectivity index is 2.15. The lowest BCUT2D eigenvalue weighted by Gasteiger charge is -2.14. The molecule has 98 valence electrons. The third-order valence-corrected chi connectivity index (χ3v) is 3.79. The van der Waals surface area contributed by atoms with E-state index >= 15 is 0 Å². The van der Waals surface area contributed by atoms with E-state index in [4.69, 9.17) is 0 Å². The van der Waals surface area contributed by atoms with Crippen LogP contribution in [0.5, 0.6) is 0 Å². The van der Waals surface area contributed by atoms with Crippen molar-refractivity contribution in [2.24, 2.45) is 5.92 Å². The Labute approximate surface area is 112 Å². The molecule has 0 aromatic heterocycles. The first-order valence-electron chi connectivity index (χ1n) is 5.72. The summed E-state index contributed by atoms with van der Waals surface area (Å²) in [4.78, 5) is 11.2. The summed E-state index contributed by atoms with van der Waals surface area (Å²) in [7, 11) is 0. The third-order valence-electron chi connectivity index (χ3n) is 3.01. The number of Topliss-reactive ketones (excluding diaryl/α,β-unsaturated/α-hetero) is 1. The van der Waals surface area contributed by atoms with Crippen molar-refractivity contribution in [2.75, 3.05) is 0 Å². The molecule has 0 spiro atoms. The highest BCUT2D eigenvalue weighted by Gasteiger charge is 2.36. The molecule has 0 saturated heterocycles. The second-order valence-electron chi connectivity index (χ2n) is 4.50. The van der Waals surface area contributed by atoms with Crippen LogP contribution in [-0.4, -0.2) is 10.6 Å². The van der Waals surface area contributed by atoms with Gasteiger partial charge in [-0.15, -0.1) is 0 Å². The molecule has 0 heterocycles. The first-order chi connectivity index (χ1) is 8.39. The Kier molecular flexibility index (Phi) is 3.80. The molecule has 0 N–H and O–H groups in total. The third kappa shape index (κ3) is 3.13. The van der Waals surface area contributed by atoms with Gasteiger partial charge >= 0.3 is 6.18 Å². The van der Waals surface area contributed by atoms with Crippen LogP contribution in [-0.2, 0) is 17.4 Å². The molecule has 1 nitrogen and oxygen atoms in total. The minimum absolute atomic E-state index is 0.0203. The van der Waals surface area contributed by atoms with Gasteiger partial charge in [-0.25, -0.2) is 0 Å². The lowest BCUT2D eigenvalue weighted by atomic mass is 10.00. The quantitative estimate of drug-likeness (QED) is 0.767. The van der Waals surface area contributed by atoms with Crippen molar-refractivity contribution in [1.29, 1.82) is 0 Å². The maximum atomic E-state index is 12.8. The molecule has 0 aliphatic heterocycles. The highest BCUT2D eigenvalue weighted by Crippen LogP contribution is 2.36. The smallest absolute Gasteiger partial charge is 0.298 e. The van der Waals surface area contributed by atoms with E-state index in [1.54, 1.807) is 6.07 Å². The summed E-state index contributed by atoms with van der Waals surface area (Å²) in [6, 6.07) is 5.40. The van der Waals surface area contributed by atoms with Crippen molar-refractivity contribution < 1.29 is 18.0 Å². The summed E-state index contributed by atoms with van der Waals surface area (Å²) >= 11 is 3.20. The molecule has 1 aromatic rings. The van der Waals surface area contributed by atoms with E-state index in [1.807, 2.05) is 0 Å². The molecular formula is C13H12BrF3O. The van der Waals surface area contributed by atoms with Gasteiger partial charge in [0.15, 0.2) is 0 Å². The van der Waals surface area contributed by atoms with Gasteiger partial charge in [0, 0.05) is 5.92 Å². The van der Waals surface area contributed by atoms with E-state index in [0.29, 0.717) is 0 Å². The number of hydrogen-bond acceptors (Lipinski definition) is 1. The Morgan fingerprint density at radius 2 is 1.94 bits per heavy atom. The zero-order valence-electron chi connectivity index (χ0n) is 9.51. The van der Waals surface area contributed by atoms with E-state index < -0.39 is 16.6 Å². The molecule has 1 atom stereocenters. The largest absolute Gasteiger partial charge is 0.416 e. The number of halogens is 4. The van der Waals surface area contributed by atoms with Gasteiger partial charge in [-0.1, -0.05) is 34.1 Å². The van der Waals surface area contributed by atoms with E-state index in [9.17, 15) is 18.0 Å². The summed E-state index contributed by atoms with van der Waals surface area (Å²) in [6.45, 7) is 0. The first kappa shape index (κ1) is 13.6. The Hall–Kier alpha value is -0.840. The number of benzene rings is 1. The standard InChI is InChI=1S/C13H12BrF3O/c14-11(12(18)8-5-6-8)7-9-3-1-2-4-10(9)13(15,16)17/h1-4,8,11H,5-7H2. The summed E-state index contributed by atoms with van der Waals surface area (Å²) in [5, 5.41) is 0. The maximum Gasteiger partial charge on any atom is 0.416 e. The lowest BCUT2D eigenvalue weighted by molar-refractivity contribution is -0.138. The van der Waals surface area contributed by atoms with Crippen LogP contribution < -0.4 is 0 Å². The van der Waals surface area contributed by atoms with Crippen LogP contribution in [0.3, 0.4) is 0 Å². The molecular weight excluding hydrogens is 309 g/mol. The van der Waals surface area contributed by atoms with E-state index in [0.717, 1.165) is 18.9 Å². The molecule has 1 fully saturated rings. The van der Waals surface area contributed by atoms with Gasteiger partial charge in [0.1, 0.15) is 5.78 Å². The van der Waals surface area contributed by atoms with Gasteiger partial charge in [0.25, 0.3) is 0 Å². The van der Waals surface area contributed by atoms with Crippen molar-refractivity contribution in [1.82, 2.24) is 0 Å². The molecule has 1 aromatic carbocycles. The van der Waals surface area contributed by atoms with Crippen molar-refractivity contribution >= 4 is 21.7 Å². The Morgan fingerprint density at radius 3 is 2.50 bits per heavy atom. The zero-order valence-corrected chi connectivity index (χ0v) is 11.1. The minimum Gasteiger partial charge on any atom is -0.298 e. The fourth-order valence-corrected chi connectivity index (χ4v) is 2.61. The fourth-order valence-electron chi connectivity index (χ4n) is 1.89. The molecule has 18 heavy (non-hydrogen) atoms. The van der Waals surface area contributed by atoms with Crippen LogP contribution in [0.1, 0.15) is 24.0 Å². The lowest BCUT2D eigenvalue weighted by Crippen LogP contribution is -2.20. The van der Waals surface area contributed by atoms with Crippen molar-refractivity contribution in [2.45, 2.75) is 30.3 Å². The van der Waals surface area contributed by atoms with Crippen molar-refractivity contribution in [3.8, 4) is 0 Å². The van der Waals surface area contributed by atoms with E-state index in [2.05, 4.69) is 15.9 Å². The van der Waals surface area contributed by atoms with E-state index in [1.165, 1.54) is 12.1 Å². The SMILES string of the molecule is O=C(C(Br)Cc1ccccc1C(F)(F)F)C1CC1. The number of carbonyl (C=O) groups is 1. The average Bonchev–Trinajstić information content (AvgIpc) is 3.11. The Bertz CT molecular complexity index is 452. The molecule has 1 unspecified atom stereocenters. The van der Waals surface area contributed by atoms with Crippen LogP contribution in [0.2, 0.25) is 0 Å². The van der Waals surface area contributed by atoms with Crippen LogP contribution in [0.25, 0.3) is 0 Å². The predicted molar refractivity (Wildman–Crippen MR) is 65.6 cm³/mol. The fraction of sp³-hybridized carbons (Fsp3) is 0.462. The van der Waals surface area contributed by atoms with Crippen LogP contribution in [0.15, 0.2) is 24.3 Å². The second kappa shape index (κ2) is 5.03. The summed E-state index contributed by atoms with van der Waals surface area (Å²) in [5.74, 6) is 0.0689. The molecule has 0 amide bonds. The van der Waals surface area contributed by atoms with Crippen LogP contribution >= 0.6 is 15.9 Å². The summed E-state index contributed by atoms with van der Waals surface area (Å²) in [5.41, 5.74) is -0.487. The highest BCUT2D eigenvalue weighted by atomic mass is 79.9. The van der Waals surface area contributed by atoms with Gasteiger partial charge in [-0.2, -0.15) is 13.2 Å². The summed E-state index contributed by atoms with van der Waals surface area (Å²) in [6.07, 6.45) is -2.55. The number of ketones is 1. The normalized spacial score (nSPS) is 17.6. The van der Waals surface area contributed by atoms with Gasteiger partial charge in [0.05, 0.1) is 10.4 Å². The van der Waals surface area contributed by atoms with Crippen LogP contribution in [0, 0.1) is 5.92 Å². The van der Waals surface area contributed by atoms with Gasteiger partial charge < -0.3 is 0 Å². The predicted octanol–water partition coefficient (Wildman–Crippen LogP) is 3.99. The maximum absolute atomic E-state index is 12.8. The number of rotatable bonds is 4. The number of carbonyl (C=O) groups excluding carboxylic acids is 1. The molecule has 2 rings (SSSR count). The molecule has 0 bridgehead atoms. The Morgan fingerprint density at radius 1 is 1.33 bits per heavy atom. The van der Waals surface area contributed by atoms with E-state index in [-0.39, 0.29) is 23.7 Å². The topological polar surface area (TPSA) is 17.1 Å². The molecule has 5 heteroatoms. The van der Waals surface area contributed by atoms with Crippen molar-refractivity contribution in [3.05, 3.63) is 35.4 Å². The van der Waals surface area contributed by atoms with Gasteiger partial charge in [0.2, 0.25) is 0 Å². The molecule has 1 aliphatic carbocycles. The highest BCUT2D eigenvalue weighted by molar-refractivity contribution is 9.10. The number of alkyl halides is 4. The van der Waals surface area contributed by atoms with Gasteiger partial charge in [-0.05, 0) is 30.9 Å². The monoisotopic (exact) mass is 320 g/mol. The number of hydrogen-bond donors (Lipinski definition) is 0. The zero-order chi connectivity index (χ0) is 13.3. The van der Waals surface area contributed by atoms with Crippen molar-refractivity contribution in [3.63, 3.8) is 0 Å². The van der Waals surface area contributed by atoms with Gasteiger partial charge in [-0.3, -0.25) is 4.79 Å². The second-order valence-corrected chi connectivity index (χ2v) is 5.61. The first-order valence-corrected chi connectivity index (χ1v) is 6.64. The van der Waals surface area contributed by atoms with Crippen LogP contribution in [0.4, 0.5) is 13.2 Å². The molecule has 1 saturated carbocycles. The summed E-state index contributed by atoms with van der Waals surface area (Å²) < 4.78 is 38.3. The molecule has 1 aliphatic rings. The minimum atomic E-state index is -4.37. The average molecular weight is 321 g/mol.